The SMILES string of the molecule is CN(C)c1ncccc1C(=O)NCc1ccccc1F. The molecule has 2 aromatic rings. The lowest BCUT2D eigenvalue weighted by atomic mass is 10.2. The minimum Gasteiger partial charge on any atom is -0.362 e. The number of pyridine rings is 1. The Labute approximate surface area is 117 Å². The van der Waals surface area contributed by atoms with Crippen molar-refractivity contribution in [2.24, 2.45) is 0 Å². The molecule has 0 aliphatic carbocycles. The number of hydrogen-bond acceptors (Lipinski definition) is 3. The average Bonchev–Trinajstić information content (AvgIpc) is 2.46. The lowest BCUT2D eigenvalue weighted by Crippen LogP contribution is -2.26. The summed E-state index contributed by atoms with van der Waals surface area (Å²) < 4.78 is 13.5. The lowest BCUT2D eigenvalue weighted by molar-refractivity contribution is 0.0951. The van der Waals surface area contributed by atoms with Crippen LogP contribution in [0.5, 0.6) is 0 Å². The van der Waals surface area contributed by atoms with E-state index in [1.165, 1.54) is 6.07 Å². The van der Waals surface area contributed by atoms with Gasteiger partial charge in [0.25, 0.3) is 5.91 Å². The summed E-state index contributed by atoms with van der Waals surface area (Å²) in [4.78, 5) is 18.1. The second kappa shape index (κ2) is 6.14. The van der Waals surface area contributed by atoms with Gasteiger partial charge >= 0.3 is 0 Å². The second-order valence-corrected chi connectivity index (χ2v) is 4.54. The molecule has 0 saturated heterocycles. The highest BCUT2D eigenvalue weighted by Crippen LogP contribution is 2.14. The van der Waals surface area contributed by atoms with Crippen LogP contribution >= 0.6 is 0 Å². The van der Waals surface area contributed by atoms with Crippen LogP contribution < -0.4 is 10.2 Å². The maximum absolute atomic E-state index is 13.5. The highest BCUT2D eigenvalue weighted by atomic mass is 19.1. The van der Waals surface area contributed by atoms with E-state index in [1.54, 1.807) is 41.4 Å². The lowest BCUT2D eigenvalue weighted by Gasteiger charge is -2.15. The minimum absolute atomic E-state index is 0.146. The fourth-order valence-corrected chi connectivity index (χ4v) is 1.84. The number of nitrogens with zero attached hydrogens (tertiary/aromatic N) is 2. The molecule has 0 bridgehead atoms. The molecule has 0 saturated carbocycles. The summed E-state index contributed by atoms with van der Waals surface area (Å²) in [5.74, 6) is -0.0181. The summed E-state index contributed by atoms with van der Waals surface area (Å²) in [6.07, 6.45) is 1.63. The molecule has 104 valence electrons. The van der Waals surface area contributed by atoms with Gasteiger partial charge in [-0.05, 0) is 18.2 Å². The van der Waals surface area contributed by atoms with E-state index in [0.29, 0.717) is 16.9 Å². The Bertz CT molecular complexity index is 614. The minimum atomic E-state index is -0.327. The van der Waals surface area contributed by atoms with Crippen molar-refractivity contribution in [2.75, 3.05) is 19.0 Å². The predicted molar refractivity (Wildman–Crippen MR) is 76.1 cm³/mol. The first-order chi connectivity index (χ1) is 9.59. The largest absolute Gasteiger partial charge is 0.362 e. The molecule has 20 heavy (non-hydrogen) atoms. The van der Waals surface area contributed by atoms with Crippen LogP contribution in [0, 0.1) is 5.82 Å². The van der Waals surface area contributed by atoms with Crippen molar-refractivity contribution in [3.8, 4) is 0 Å². The van der Waals surface area contributed by atoms with Crippen LogP contribution in [-0.4, -0.2) is 25.0 Å². The van der Waals surface area contributed by atoms with E-state index >= 15 is 0 Å². The summed E-state index contributed by atoms with van der Waals surface area (Å²) in [6.45, 7) is 0.146. The van der Waals surface area contributed by atoms with Gasteiger partial charge in [0.05, 0.1) is 5.56 Å². The highest BCUT2D eigenvalue weighted by molar-refractivity contribution is 5.98. The van der Waals surface area contributed by atoms with E-state index in [0.717, 1.165) is 0 Å². The number of nitrogens with one attached hydrogen (secondary N) is 1. The van der Waals surface area contributed by atoms with Gasteiger partial charge in [0, 0.05) is 32.4 Å². The first kappa shape index (κ1) is 14.0. The Morgan fingerprint density at radius 2 is 2.00 bits per heavy atom. The topological polar surface area (TPSA) is 45.2 Å². The molecule has 0 unspecified atom stereocenters. The van der Waals surface area contributed by atoms with Gasteiger partial charge in [-0.15, -0.1) is 0 Å². The molecule has 1 N–H and O–H groups in total. The molecule has 0 spiro atoms. The fourth-order valence-electron chi connectivity index (χ4n) is 1.84. The summed E-state index contributed by atoms with van der Waals surface area (Å²) >= 11 is 0. The maximum atomic E-state index is 13.5. The summed E-state index contributed by atoms with van der Waals surface area (Å²) in [5, 5.41) is 2.71. The highest BCUT2D eigenvalue weighted by Gasteiger charge is 2.13. The Morgan fingerprint density at radius 3 is 2.70 bits per heavy atom. The quantitative estimate of drug-likeness (QED) is 0.929. The third-order valence-corrected chi connectivity index (χ3v) is 2.85. The smallest absolute Gasteiger partial charge is 0.255 e. The number of carbonyl (C=O) groups is 1. The fraction of sp³-hybridized carbons (Fsp3) is 0.200. The molecular formula is C15H16FN3O. The van der Waals surface area contributed by atoms with E-state index in [-0.39, 0.29) is 18.3 Å². The van der Waals surface area contributed by atoms with Gasteiger partial charge in [-0.3, -0.25) is 4.79 Å². The van der Waals surface area contributed by atoms with Crippen LogP contribution in [0.15, 0.2) is 42.6 Å². The normalized spacial score (nSPS) is 10.2. The summed E-state index contributed by atoms with van der Waals surface area (Å²) in [7, 11) is 3.63. The second-order valence-electron chi connectivity index (χ2n) is 4.54. The van der Waals surface area contributed by atoms with Gasteiger partial charge in [0.15, 0.2) is 0 Å². The van der Waals surface area contributed by atoms with Crippen LogP contribution in [0.1, 0.15) is 15.9 Å². The molecule has 1 aromatic heterocycles. The van der Waals surface area contributed by atoms with Gasteiger partial charge in [0.2, 0.25) is 0 Å². The Hall–Kier alpha value is -2.43. The monoisotopic (exact) mass is 273 g/mol. The van der Waals surface area contributed by atoms with E-state index in [1.807, 2.05) is 14.1 Å². The molecule has 1 aromatic carbocycles. The van der Waals surface area contributed by atoms with Crippen molar-refractivity contribution >= 4 is 11.7 Å². The third kappa shape index (κ3) is 3.12. The molecule has 1 amide bonds. The molecule has 2 rings (SSSR count). The van der Waals surface area contributed by atoms with Gasteiger partial charge in [-0.1, -0.05) is 18.2 Å². The molecule has 1 heterocycles. The van der Waals surface area contributed by atoms with Crippen LogP contribution in [0.25, 0.3) is 0 Å². The van der Waals surface area contributed by atoms with Crippen molar-refractivity contribution < 1.29 is 9.18 Å². The number of hydrogen-bond donors (Lipinski definition) is 1. The molecule has 0 aliphatic heterocycles. The number of aromatic nitrogens is 1. The number of halogens is 1. The Morgan fingerprint density at radius 1 is 1.25 bits per heavy atom. The molecular weight excluding hydrogens is 257 g/mol. The van der Waals surface area contributed by atoms with E-state index in [4.69, 9.17) is 0 Å². The molecule has 0 atom stereocenters. The zero-order valence-electron chi connectivity index (χ0n) is 11.4. The maximum Gasteiger partial charge on any atom is 0.255 e. The first-order valence-electron chi connectivity index (χ1n) is 6.23. The van der Waals surface area contributed by atoms with E-state index in [2.05, 4.69) is 10.3 Å². The number of benzene rings is 1. The number of rotatable bonds is 4. The first-order valence-corrected chi connectivity index (χ1v) is 6.23. The Kier molecular flexibility index (Phi) is 4.30. The molecule has 4 nitrogen and oxygen atoms in total. The van der Waals surface area contributed by atoms with Crippen molar-refractivity contribution in [3.63, 3.8) is 0 Å². The average molecular weight is 273 g/mol. The van der Waals surface area contributed by atoms with Crippen LogP contribution in [0.4, 0.5) is 10.2 Å². The van der Waals surface area contributed by atoms with Crippen molar-refractivity contribution in [3.05, 3.63) is 59.5 Å². The van der Waals surface area contributed by atoms with Crippen LogP contribution in [0.2, 0.25) is 0 Å². The summed E-state index contributed by atoms with van der Waals surface area (Å²) in [5.41, 5.74) is 0.921. The van der Waals surface area contributed by atoms with Gasteiger partial charge < -0.3 is 10.2 Å². The zero-order chi connectivity index (χ0) is 14.5. The van der Waals surface area contributed by atoms with Gasteiger partial charge in [-0.2, -0.15) is 0 Å². The van der Waals surface area contributed by atoms with Gasteiger partial charge in [-0.25, -0.2) is 9.37 Å². The van der Waals surface area contributed by atoms with Crippen LogP contribution in [0.3, 0.4) is 0 Å². The molecule has 0 fully saturated rings. The molecule has 0 radical (unpaired) electrons. The van der Waals surface area contributed by atoms with Gasteiger partial charge in [0.1, 0.15) is 11.6 Å². The summed E-state index contributed by atoms with van der Waals surface area (Å²) in [6, 6.07) is 9.76. The van der Waals surface area contributed by atoms with E-state index < -0.39 is 0 Å². The molecule has 5 heteroatoms. The number of anilines is 1. The van der Waals surface area contributed by atoms with Crippen molar-refractivity contribution in [1.82, 2.24) is 10.3 Å². The number of carbonyl (C=O) groups excluding carboxylic acids is 1. The van der Waals surface area contributed by atoms with Crippen molar-refractivity contribution in [2.45, 2.75) is 6.54 Å². The Balaban J connectivity index is 2.12. The zero-order valence-corrected chi connectivity index (χ0v) is 11.4. The van der Waals surface area contributed by atoms with E-state index in [9.17, 15) is 9.18 Å². The predicted octanol–water partition coefficient (Wildman–Crippen LogP) is 2.22. The molecule has 0 aliphatic rings. The third-order valence-electron chi connectivity index (χ3n) is 2.85. The van der Waals surface area contributed by atoms with Crippen molar-refractivity contribution in [1.29, 1.82) is 0 Å². The van der Waals surface area contributed by atoms with Crippen LogP contribution in [-0.2, 0) is 6.54 Å². The standard InChI is InChI=1S/C15H16FN3O/c1-19(2)14-12(7-5-9-17-14)15(20)18-10-11-6-3-4-8-13(11)16/h3-9H,10H2,1-2H3,(H,18,20). The number of amides is 1.